The highest BCUT2D eigenvalue weighted by Crippen LogP contribution is 2.34. The van der Waals surface area contributed by atoms with E-state index in [-0.39, 0.29) is 11.8 Å². The van der Waals surface area contributed by atoms with Crippen LogP contribution in [0, 0.1) is 10.1 Å². The molecule has 1 fully saturated rings. The van der Waals surface area contributed by atoms with E-state index in [0.29, 0.717) is 17.5 Å². The molecule has 1 aromatic carbocycles. The second kappa shape index (κ2) is 6.76. The number of non-ortho nitro benzene ring substituents is 1. The summed E-state index contributed by atoms with van der Waals surface area (Å²) in [5, 5.41) is 10.8. The van der Waals surface area contributed by atoms with Crippen LogP contribution in [0.5, 0.6) is 11.5 Å². The summed E-state index contributed by atoms with van der Waals surface area (Å²) in [5.74, 6) is 0.996. The van der Waals surface area contributed by atoms with Gasteiger partial charge in [-0.1, -0.05) is 0 Å². The summed E-state index contributed by atoms with van der Waals surface area (Å²) in [6.45, 7) is 0. The fraction of sp³-hybridized carbons (Fsp3) is 0.600. The Labute approximate surface area is 124 Å². The van der Waals surface area contributed by atoms with Gasteiger partial charge in [-0.3, -0.25) is 10.1 Å². The van der Waals surface area contributed by atoms with Gasteiger partial charge in [-0.15, -0.1) is 0 Å². The maximum atomic E-state index is 10.8. The lowest BCUT2D eigenvalue weighted by Crippen LogP contribution is -2.35. The summed E-state index contributed by atoms with van der Waals surface area (Å²) in [6, 6.07) is 5.09. The van der Waals surface area contributed by atoms with E-state index in [2.05, 4.69) is 19.0 Å². The summed E-state index contributed by atoms with van der Waals surface area (Å²) in [6.07, 6.45) is 4.34. The Hall–Kier alpha value is -1.82. The van der Waals surface area contributed by atoms with E-state index in [1.165, 1.54) is 19.2 Å². The van der Waals surface area contributed by atoms with Gasteiger partial charge < -0.3 is 14.4 Å². The minimum atomic E-state index is -0.436. The first-order chi connectivity index (χ1) is 10.0. The van der Waals surface area contributed by atoms with Gasteiger partial charge in [0.05, 0.1) is 24.2 Å². The third-order valence-electron chi connectivity index (χ3n) is 4.03. The van der Waals surface area contributed by atoms with E-state index >= 15 is 0 Å². The van der Waals surface area contributed by atoms with E-state index in [0.717, 1.165) is 25.7 Å². The molecule has 1 saturated carbocycles. The van der Waals surface area contributed by atoms with Crippen molar-refractivity contribution in [2.45, 2.75) is 37.8 Å². The van der Waals surface area contributed by atoms with Crippen LogP contribution in [0.3, 0.4) is 0 Å². The molecule has 0 atom stereocenters. The molecular weight excluding hydrogens is 272 g/mol. The fourth-order valence-electron chi connectivity index (χ4n) is 2.73. The smallest absolute Gasteiger partial charge is 0.273 e. The van der Waals surface area contributed by atoms with Gasteiger partial charge in [0.15, 0.2) is 11.5 Å². The first-order valence-corrected chi connectivity index (χ1v) is 7.16. The standard InChI is InChI=1S/C15H22N2O4/c1-16(2)11-4-7-13(8-5-11)21-14-9-6-12(17(18)19)10-15(14)20-3/h6,9-11,13H,4-5,7-8H2,1-3H3. The summed E-state index contributed by atoms with van der Waals surface area (Å²) in [5.41, 5.74) is 0.00974. The van der Waals surface area contributed by atoms with Crippen molar-refractivity contribution in [3.63, 3.8) is 0 Å². The minimum absolute atomic E-state index is 0.00974. The molecule has 2 rings (SSSR count). The molecule has 1 aliphatic carbocycles. The van der Waals surface area contributed by atoms with Gasteiger partial charge >= 0.3 is 0 Å². The number of nitro benzene ring substituents is 1. The first kappa shape index (κ1) is 15.6. The monoisotopic (exact) mass is 294 g/mol. The minimum Gasteiger partial charge on any atom is -0.493 e. The van der Waals surface area contributed by atoms with Gasteiger partial charge in [0.25, 0.3) is 5.69 Å². The van der Waals surface area contributed by atoms with Gasteiger partial charge in [0.1, 0.15) is 0 Å². The number of nitrogens with zero attached hydrogens (tertiary/aromatic N) is 2. The molecule has 0 aromatic heterocycles. The number of ether oxygens (including phenoxy) is 2. The van der Waals surface area contributed by atoms with Crippen LogP contribution in [0.25, 0.3) is 0 Å². The van der Waals surface area contributed by atoms with E-state index in [4.69, 9.17) is 9.47 Å². The van der Waals surface area contributed by atoms with E-state index < -0.39 is 4.92 Å². The van der Waals surface area contributed by atoms with Crippen molar-refractivity contribution >= 4 is 5.69 Å². The Bertz CT molecular complexity index is 496. The van der Waals surface area contributed by atoms with Gasteiger partial charge in [-0.05, 0) is 45.8 Å². The largest absolute Gasteiger partial charge is 0.493 e. The zero-order valence-corrected chi connectivity index (χ0v) is 12.7. The second-order valence-electron chi connectivity index (χ2n) is 5.60. The van der Waals surface area contributed by atoms with E-state index in [1.807, 2.05) is 0 Å². The van der Waals surface area contributed by atoms with Crippen molar-refractivity contribution in [1.82, 2.24) is 4.90 Å². The molecule has 0 N–H and O–H groups in total. The molecule has 1 aromatic rings. The summed E-state index contributed by atoms with van der Waals surface area (Å²) < 4.78 is 11.2. The number of hydrogen-bond acceptors (Lipinski definition) is 5. The molecule has 0 saturated heterocycles. The van der Waals surface area contributed by atoms with E-state index in [1.54, 1.807) is 6.07 Å². The van der Waals surface area contributed by atoms with Crippen LogP contribution >= 0.6 is 0 Å². The third kappa shape index (κ3) is 3.85. The van der Waals surface area contributed by atoms with Crippen LogP contribution in [0.4, 0.5) is 5.69 Å². The highest BCUT2D eigenvalue weighted by molar-refractivity contribution is 5.48. The molecular formula is C15H22N2O4. The summed E-state index contributed by atoms with van der Waals surface area (Å²) >= 11 is 0. The molecule has 0 radical (unpaired) electrons. The third-order valence-corrected chi connectivity index (χ3v) is 4.03. The van der Waals surface area contributed by atoms with Crippen LogP contribution in [-0.2, 0) is 0 Å². The highest BCUT2D eigenvalue weighted by atomic mass is 16.6. The van der Waals surface area contributed by atoms with Crippen LogP contribution < -0.4 is 9.47 Å². The van der Waals surface area contributed by atoms with Crippen LogP contribution in [0.2, 0.25) is 0 Å². The van der Waals surface area contributed by atoms with Gasteiger partial charge in [0.2, 0.25) is 0 Å². The second-order valence-corrected chi connectivity index (χ2v) is 5.60. The first-order valence-electron chi connectivity index (χ1n) is 7.16. The quantitative estimate of drug-likeness (QED) is 0.617. The molecule has 0 heterocycles. The average molecular weight is 294 g/mol. The van der Waals surface area contributed by atoms with Crippen LogP contribution in [0.15, 0.2) is 18.2 Å². The molecule has 0 spiro atoms. The Kier molecular flexibility index (Phi) is 5.01. The van der Waals surface area contributed by atoms with Crippen molar-refractivity contribution in [3.05, 3.63) is 28.3 Å². The lowest BCUT2D eigenvalue weighted by molar-refractivity contribution is -0.385. The SMILES string of the molecule is COc1cc([N+](=O)[O-])ccc1OC1CCC(N(C)C)CC1. The average Bonchev–Trinajstić information content (AvgIpc) is 2.48. The number of nitro groups is 1. The number of hydrogen-bond donors (Lipinski definition) is 0. The predicted molar refractivity (Wildman–Crippen MR) is 80.0 cm³/mol. The van der Waals surface area contributed by atoms with Crippen molar-refractivity contribution in [2.24, 2.45) is 0 Å². The number of benzene rings is 1. The lowest BCUT2D eigenvalue weighted by Gasteiger charge is -2.32. The van der Waals surface area contributed by atoms with Gasteiger partial charge in [-0.25, -0.2) is 0 Å². The Balaban J connectivity index is 2.02. The molecule has 0 amide bonds. The molecule has 1 aliphatic rings. The van der Waals surface area contributed by atoms with Crippen molar-refractivity contribution in [3.8, 4) is 11.5 Å². The molecule has 21 heavy (non-hydrogen) atoms. The van der Waals surface area contributed by atoms with Gasteiger partial charge in [-0.2, -0.15) is 0 Å². The molecule has 0 bridgehead atoms. The molecule has 6 heteroatoms. The van der Waals surface area contributed by atoms with E-state index in [9.17, 15) is 10.1 Å². The number of methoxy groups -OCH3 is 1. The molecule has 116 valence electrons. The molecule has 0 aliphatic heterocycles. The number of rotatable bonds is 5. The normalized spacial score (nSPS) is 22.1. The Morgan fingerprint density at radius 3 is 2.38 bits per heavy atom. The highest BCUT2D eigenvalue weighted by Gasteiger charge is 2.24. The van der Waals surface area contributed by atoms with Crippen LogP contribution in [-0.4, -0.2) is 43.2 Å². The Morgan fingerprint density at radius 1 is 1.19 bits per heavy atom. The zero-order chi connectivity index (χ0) is 15.4. The molecule has 6 nitrogen and oxygen atoms in total. The van der Waals surface area contributed by atoms with Gasteiger partial charge in [0, 0.05) is 12.1 Å². The molecule has 0 unspecified atom stereocenters. The summed E-state index contributed by atoms with van der Waals surface area (Å²) in [4.78, 5) is 12.6. The summed E-state index contributed by atoms with van der Waals surface area (Å²) in [7, 11) is 5.70. The van der Waals surface area contributed by atoms with Crippen molar-refractivity contribution in [1.29, 1.82) is 0 Å². The topological polar surface area (TPSA) is 64.8 Å². The fourth-order valence-corrected chi connectivity index (χ4v) is 2.73. The zero-order valence-electron chi connectivity index (χ0n) is 12.7. The lowest BCUT2D eigenvalue weighted by atomic mass is 9.92. The maximum absolute atomic E-state index is 10.8. The van der Waals surface area contributed by atoms with Crippen molar-refractivity contribution < 1.29 is 14.4 Å². The van der Waals surface area contributed by atoms with Crippen molar-refractivity contribution in [2.75, 3.05) is 21.2 Å². The van der Waals surface area contributed by atoms with Crippen LogP contribution in [0.1, 0.15) is 25.7 Å². The maximum Gasteiger partial charge on any atom is 0.273 e. The predicted octanol–water partition coefficient (Wildman–Crippen LogP) is 2.86. The Morgan fingerprint density at radius 2 is 1.86 bits per heavy atom.